The molecule has 0 spiro atoms. The first-order valence-electron chi connectivity index (χ1n) is 8.45. The van der Waals surface area contributed by atoms with Gasteiger partial charge in [0.25, 0.3) is 5.91 Å². The number of carbonyl (C=O) groups is 1. The van der Waals surface area contributed by atoms with Crippen LogP contribution in [0.1, 0.15) is 12.8 Å². The predicted molar refractivity (Wildman–Crippen MR) is 110 cm³/mol. The van der Waals surface area contributed by atoms with Gasteiger partial charge in [0.05, 0.1) is 20.0 Å². The highest BCUT2D eigenvalue weighted by Gasteiger charge is 2.27. The summed E-state index contributed by atoms with van der Waals surface area (Å²) in [4.78, 5) is 12.3. The van der Waals surface area contributed by atoms with Gasteiger partial charge in [-0.1, -0.05) is 40.9 Å². The third-order valence-corrected chi connectivity index (χ3v) is 7.07. The number of sulfonamides is 1. The summed E-state index contributed by atoms with van der Waals surface area (Å²) in [6.07, 6.45) is 1.70. The normalized spacial score (nSPS) is 14.8. The molecule has 0 aromatic heterocycles. The molecule has 10 heteroatoms. The zero-order chi connectivity index (χ0) is 20.3. The van der Waals surface area contributed by atoms with E-state index in [1.807, 2.05) is 0 Å². The van der Waals surface area contributed by atoms with E-state index in [1.165, 1.54) is 28.6 Å². The van der Waals surface area contributed by atoms with Crippen LogP contribution in [0.25, 0.3) is 0 Å². The fraction of sp³-hybridized carbons (Fsp3) is 0.278. The number of amides is 1. The lowest BCUT2D eigenvalue weighted by molar-refractivity contribution is -0.118. The van der Waals surface area contributed by atoms with Crippen molar-refractivity contribution in [1.82, 2.24) is 4.31 Å². The zero-order valence-electron chi connectivity index (χ0n) is 14.6. The third kappa shape index (κ3) is 4.90. The number of anilines is 1. The molecule has 28 heavy (non-hydrogen) atoms. The minimum absolute atomic E-state index is 0.139. The quantitative estimate of drug-likeness (QED) is 0.642. The Balaban J connectivity index is 1.65. The number of halogens is 3. The topological polar surface area (TPSA) is 75.7 Å². The van der Waals surface area contributed by atoms with Gasteiger partial charge < -0.3 is 10.1 Å². The molecule has 0 bridgehead atoms. The molecule has 0 aliphatic carbocycles. The second-order valence-electron chi connectivity index (χ2n) is 6.17. The van der Waals surface area contributed by atoms with Gasteiger partial charge in [0.1, 0.15) is 5.75 Å². The minimum Gasteiger partial charge on any atom is -0.482 e. The maximum absolute atomic E-state index is 12.6. The molecule has 1 fully saturated rings. The van der Waals surface area contributed by atoms with Gasteiger partial charge in [-0.2, -0.15) is 4.31 Å². The van der Waals surface area contributed by atoms with Crippen molar-refractivity contribution in [3.05, 3.63) is 51.5 Å². The highest BCUT2D eigenvalue weighted by molar-refractivity contribution is 7.89. The molecule has 1 heterocycles. The fourth-order valence-corrected chi connectivity index (χ4v) is 4.92. The number of benzene rings is 2. The van der Waals surface area contributed by atoms with Crippen molar-refractivity contribution >= 4 is 56.4 Å². The zero-order valence-corrected chi connectivity index (χ0v) is 17.7. The molecule has 150 valence electrons. The second-order valence-corrected chi connectivity index (χ2v) is 9.33. The van der Waals surface area contributed by atoms with Crippen LogP contribution in [0.2, 0.25) is 15.1 Å². The Morgan fingerprint density at radius 3 is 2.43 bits per heavy atom. The van der Waals surface area contributed by atoms with Crippen LogP contribution in [-0.2, 0) is 14.8 Å². The number of hydrogen-bond donors (Lipinski definition) is 1. The van der Waals surface area contributed by atoms with Crippen molar-refractivity contribution in [1.29, 1.82) is 0 Å². The van der Waals surface area contributed by atoms with Gasteiger partial charge in [-0.3, -0.25) is 4.79 Å². The van der Waals surface area contributed by atoms with Crippen LogP contribution >= 0.6 is 34.8 Å². The molecule has 6 nitrogen and oxygen atoms in total. The molecule has 1 amide bonds. The summed E-state index contributed by atoms with van der Waals surface area (Å²) in [6.45, 7) is 0.690. The first kappa shape index (κ1) is 21.2. The molecule has 2 aromatic rings. The Kier molecular flexibility index (Phi) is 6.73. The van der Waals surface area contributed by atoms with Gasteiger partial charge in [-0.15, -0.1) is 0 Å². The summed E-state index contributed by atoms with van der Waals surface area (Å²) in [5.74, 6) is -0.255. The maximum Gasteiger partial charge on any atom is 0.262 e. The smallest absolute Gasteiger partial charge is 0.262 e. The van der Waals surface area contributed by atoms with Gasteiger partial charge in [0.15, 0.2) is 6.61 Å². The van der Waals surface area contributed by atoms with Gasteiger partial charge >= 0.3 is 0 Å². The van der Waals surface area contributed by atoms with E-state index >= 15 is 0 Å². The van der Waals surface area contributed by atoms with Crippen LogP contribution in [0.15, 0.2) is 41.3 Å². The van der Waals surface area contributed by atoms with Crippen molar-refractivity contribution < 1.29 is 17.9 Å². The van der Waals surface area contributed by atoms with E-state index in [4.69, 9.17) is 39.5 Å². The van der Waals surface area contributed by atoms with E-state index in [9.17, 15) is 13.2 Å². The molecular formula is C18H17Cl3N2O4S. The van der Waals surface area contributed by atoms with Gasteiger partial charge in [0, 0.05) is 24.8 Å². The Hall–Kier alpha value is -1.51. The molecule has 1 aliphatic heterocycles. The van der Waals surface area contributed by atoms with Crippen LogP contribution in [0.4, 0.5) is 5.69 Å². The van der Waals surface area contributed by atoms with Crippen LogP contribution < -0.4 is 10.1 Å². The molecule has 2 aromatic carbocycles. The van der Waals surface area contributed by atoms with Gasteiger partial charge in [-0.05, 0) is 37.1 Å². The van der Waals surface area contributed by atoms with Crippen molar-refractivity contribution in [2.45, 2.75) is 17.7 Å². The van der Waals surface area contributed by atoms with Crippen molar-refractivity contribution in [3.8, 4) is 5.75 Å². The molecule has 0 radical (unpaired) electrons. The first-order valence-corrected chi connectivity index (χ1v) is 11.0. The van der Waals surface area contributed by atoms with E-state index in [0.29, 0.717) is 18.8 Å². The monoisotopic (exact) mass is 462 g/mol. The van der Waals surface area contributed by atoms with Crippen molar-refractivity contribution in [2.24, 2.45) is 0 Å². The molecule has 1 aliphatic rings. The third-order valence-electron chi connectivity index (χ3n) is 4.15. The van der Waals surface area contributed by atoms with Crippen LogP contribution in [0.5, 0.6) is 5.75 Å². The van der Waals surface area contributed by atoms with E-state index in [2.05, 4.69) is 5.32 Å². The molecule has 0 unspecified atom stereocenters. The SMILES string of the molecule is O=C(COc1cc(Cl)c(Cl)cc1Cl)Nc1cccc(S(=O)(=O)N2CCCC2)c1. The van der Waals surface area contributed by atoms with E-state index in [-0.39, 0.29) is 32.3 Å². The highest BCUT2D eigenvalue weighted by Crippen LogP contribution is 2.33. The average molecular weight is 464 g/mol. The minimum atomic E-state index is -3.56. The molecule has 3 rings (SSSR count). The largest absolute Gasteiger partial charge is 0.482 e. The van der Waals surface area contributed by atoms with Gasteiger partial charge in [0.2, 0.25) is 10.0 Å². The summed E-state index contributed by atoms with van der Waals surface area (Å²) < 4.78 is 32.1. The number of nitrogens with one attached hydrogen (secondary N) is 1. The maximum atomic E-state index is 12.6. The Morgan fingerprint density at radius 2 is 1.71 bits per heavy atom. The average Bonchev–Trinajstić information content (AvgIpc) is 3.19. The Labute approximate surface area is 178 Å². The molecule has 1 N–H and O–H groups in total. The fourth-order valence-electron chi connectivity index (χ4n) is 2.77. The Bertz CT molecular complexity index is 992. The summed E-state index contributed by atoms with van der Waals surface area (Å²) in [5.41, 5.74) is 0.356. The van der Waals surface area contributed by atoms with Crippen LogP contribution in [-0.4, -0.2) is 38.3 Å². The van der Waals surface area contributed by atoms with Crippen molar-refractivity contribution in [2.75, 3.05) is 25.0 Å². The standard InChI is InChI=1S/C18H17Cl3N2O4S/c19-14-9-16(21)17(10-15(14)20)27-11-18(24)22-12-4-3-5-13(8-12)28(25,26)23-6-1-2-7-23/h3-5,8-10H,1-2,6-7,11H2,(H,22,24). The van der Waals surface area contributed by atoms with E-state index in [1.54, 1.807) is 12.1 Å². The summed E-state index contributed by atoms with van der Waals surface area (Å²) in [5, 5.41) is 3.36. The summed E-state index contributed by atoms with van der Waals surface area (Å²) >= 11 is 17.8. The second kappa shape index (κ2) is 8.88. The molecule has 1 saturated heterocycles. The number of hydrogen-bond acceptors (Lipinski definition) is 4. The number of rotatable bonds is 6. The summed E-state index contributed by atoms with van der Waals surface area (Å²) in [7, 11) is -3.56. The van der Waals surface area contributed by atoms with Crippen molar-refractivity contribution in [3.63, 3.8) is 0 Å². The molecule has 0 saturated carbocycles. The van der Waals surface area contributed by atoms with E-state index in [0.717, 1.165) is 12.8 Å². The number of carbonyl (C=O) groups excluding carboxylic acids is 1. The first-order chi connectivity index (χ1) is 13.3. The molecule has 0 atom stereocenters. The predicted octanol–water partition coefficient (Wildman–Crippen LogP) is 4.45. The van der Waals surface area contributed by atoms with Crippen LogP contribution in [0, 0.1) is 0 Å². The lowest BCUT2D eigenvalue weighted by Gasteiger charge is -2.16. The Morgan fingerprint density at radius 1 is 1.04 bits per heavy atom. The lowest BCUT2D eigenvalue weighted by atomic mass is 10.3. The number of ether oxygens (including phenoxy) is 1. The van der Waals surface area contributed by atoms with E-state index < -0.39 is 15.9 Å². The number of nitrogens with zero attached hydrogens (tertiary/aromatic N) is 1. The lowest BCUT2D eigenvalue weighted by Crippen LogP contribution is -2.28. The molecular weight excluding hydrogens is 447 g/mol. The van der Waals surface area contributed by atoms with Crippen LogP contribution in [0.3, 0.4) is 0 Å². The summed E-state index contributed by atoms with van der Waals surface area (Å²) in [6, 6.07) is 8.96. The highest BCUT2D eigenvalue weighted by atomic mass is 35.5. The van der Waals surface area contributed by atoms with Gasteiger partial charge in [-0.25, -0.2) is 8.42 Å².